The Morgan fingerprint density at radius 3 is 2.26 bits per heavy atom. The Bertz CT molecular complexity index is 1230. The lowest BCUT2D eigenvalue weighted by Crippen LogP contribution is -2.54. The molecular weight excluding hydrogens is 586 g/mol. The lowest BCUT2D eigenvalue weighted by atomic mass is 9.95. The van der Waals surface area contributed by atoms with E-state index in [-0.39, 0.29) is 24.3 Å². The van der Waals surface area contributed by atoms with Crippen LogP contribution in [0.2, 0.25) is 0 Å². The van der Waals surface area contributed by atoms with Crippen LogP contribution in [0.15, 0.2) is 57.9 Å². The molecule has 0 spiro atoms. The largest absolute Gasteiger partial charge is 0.481 e. The number of carbonyl (C=O) groups is 1. The fraction of sp³-hybridized carbons (Fsp3) is 0.464. The van der Waals surface area contributed by atoms with Crippen molar-refractivity contribution in [1.29, 1.82) is 0 Å². The first-order valence-electron chi connectivity index (χ1n) is 12.9. The molecular formula is C28H36BrN3O6S. The summed E-state index contributed by atoms with van der Waals surface area (Å²) in [6, 6.07) is 13.9. The third kappa shape index (κ3) is 8.03. The van der Waals surface area contributed by atoms with Crippen LogP contribution in [0.1, 0.15) is 37.7 Å². The van der Waals surface area contributed by atoms with Gasteiger partial charge in [0.1, 0.15) is 12.4 Å². The Balaban J connectivity index is 0.00000205. The number of nitrogens with two attached hydrogens (primary N) is 1. The molecule has 0 aromatic heterocycles. The molecule has 0 aliphatic carbocycles. The van der Waals surface area contributed by atoms with Crippen LogP contribution in [0.25, 0.3) is 0 Å². The van der Waals surface area contributed by atoms with Crippen LogP contribution < -0.4 is 16.0 Å². The Morgan fingerprint density at radius 1 is 1.05 bits per heavy atom. The maximum atomic E-state index is 13.5. The number of halogens is 1. The molecule has 2 fully saturated rings. The van der Waals surface area contributed by atoms with E-state index < -0.39 is 20.6 Å². The van der Waals surface area contributed by atoms with Crippen molar-refractivity contribution in [3.63, 3.8) is 0 Å². The van der Waals surface area contributed by atoms with Crippen molar-refractivity contribution in [3.05, 3.63) is 58.6 Å². The second-order valence-corrected chi connectivity index (χ2v) is 12.9. The highest BCUT2D eigenvalue weighted by Crippen LogP contribution is 2.37. The predicted octanol–water partition coefficient (Wildman–Crippen LogP) is 3.45. The van der Waals surface area contributed by atoms with Crippen molar-refractivity contribution >= 4 is 31.7 Å². The van der Waals surface area contributed by atoms with Crippen molar-refractivity contribution in [2.45, 2.75) is 48.3 Å². The van der Waals surface area contributed by atoms with E-state index in [1.54, 1.807) is 12.1 Å². The summed E-state index contributed by atoms with van der Waals surface area (Å²) in [5, 5.41) is 19.9. The molecule has 5 N–H and O–H groups in total. The van der Waals surface area contributed by atoms with Crippen molar-refractivity contribution in [3.8, 4) is 17.6 Å². The van der Waals surface area contributed by atoms with E-state index in [9.17, 15) is 18.3 Å². The lowest BCUT2D eigenvalue weighted by molar-refractivity contribution is -0.141. The van der Waals surface area contributed by atoms with Crippen molar-refractivity contribution < 1.29 is 28.3 Å². The minimum atomic E-state index is -4.10. The first kappa shape index (κ1) is 31.1. The number of carboxylic acids is 1. The highest BCUT2D eigenvalue weighted by Gasteiger charge is 2.53. The standard InChI is InChI=1S/C28H33BrN2O5S.H3NO/c29-24-6-4-23(5-7-24)21-31-18-14-28(15-19-31,27(32)33)37(34,35)26-10-8-25(9-11-26)36-20-2-1-3-22-12-16-30-17-13-22;1-2/h4-11,22,30H,3,12-21H2,(H,32,33);2H,1H2. The zero-order valence-electron chi connectivity index (χ0n) is 21.8. The molecule has 2 saturated heterocycles. The third-order valence-corrected chi connectivity index (χ3v) is 10.3. The Hall–Kier alpha value is -2.46. The first-order valence-corrected chi connectivity index (χ1v) is 15.2. The smallest absolute Gasteiger partial charge is 0.325 e. The molecule has 39 heavy (non-hydrogen) atoms. The molecule has 212 valence electrons. The number of carboxylic acid groups (broad SMARTS) is 1. The number of rotatable bonds is 8. The van der Waals surface area contributed by atoms with E-state index >= 15 is 0 Å². The molecule has 0 atom stereocenters. The monoisotopic (exact) mass is 621 g/mol. The van der Waals surface area contributed by atoms with E-state index in [1.807, 2.05) is 24.3 Å². The zero-order chi connectivity index (χ0) is 28.3. The quantitative estimate of drug-likeness (QED) is 0.257. The maximum Gasteiger partial charge on any atom is 0.325 e. The summed E-state index contributed by atoms with van der Waals surface area (Å²) < 4.78 is 31.9. The van der Waals surface area contributed by atoms with Gasteiger partial charge in [-0.05, 0) is 86.7 Å². The van der Waals surface area contributed by atoms with Gasteiger partial charge in [-0.25, -0.2) is 14.3 Å². The second kappa shape index (κ2) is 14.8. The molecule has 4 rings (SSSR count). The fourth-order valence-corrected chi connectivity index (χ4v) is 7.09. The number of hydrogen-bond donors (Lipinski definition) is 4. The minimum Gasteiger partial charge on any atom is -0.481 e. The minimum absolute atomic E-state index is 0.000557. The van der Waals surface area contributed by atoms with Crippen LogP contribution >= 0.6 is 15.9 Å². The Labute approximate surface area is 238 Å². The highest BCUT2D eigenvalue weighted by molar-refractivity contribution is 9.10. The van der Waals surface area contributed by atoms with Crippen LogP contribution in [-0.4, -0.2) is 67.1 Å². The molecule has 0 saturated carbocycles. The summed E-state index contributed by atoms with van der Waals surface area (Å²) in [6.07, 6.45) is 3.22. The van der Waals surface area contributed by atoms with Crippen molar-refractivity contribution in [2.24, 2.45) is 11.8 Å². The number of nitrogens with one attached hydrogen (secondary N) is 1. The molecule has 2 aromatic carbocycles. The van der Waals surface area contributed by atoms with Crippen molar-refractivity contribution in [1.82, 2.24) is 10.2 Å². The molecule has 9 nitrogen and oxygen atoms in total. The van der Waals surface area contributed by atoms with Gasteiger partial charge in [-0.3, -0.25) is 9.69 Å². The number of hydrogen-bond acceptors (Lipinski definition) is 8. The fourth-order valence-electron chi connectivity index (χ4n) is 4.93. The van der Waals surface area contributed by atoms with Gasteiger partial charge in [0.25, 0.3) is 0 Å². The number of nitrogens with zero attached hydrogens (tertiary/aromatic N) is 1. The summed E-state index contributed by atoms with van der Waals surface area (Å²) in [4.78, 5) is 14.4. The third-order valence-electron chi connectivity index (χ3n) is 7.31. The van der Waals surface area contributed by atoms with E-state index in [2.05, 4.69) is 43.9 Å². The average Bonchev–Trinajstić information content (AvgIpc) is 2.96. The average molecular weight is 623 g/mol. The van der Waals surface area contributed by atoms with Crippen molar-refractivity contribution in [2.75, 3.05) is 32.8 Å². The Kier molecular flexibility index (Phi) is 11.8. The maximum absolute atomic E-state index is 13.5. The van der Waals surface area contributed by atoms with Crippen LogP contribution in [0.4, 0.5) is 0 Å². The second-order valence-electron chi connectivity index (χ2n) is 9.72. The van der Waals surface area contributed by atoms with E-state index in [1.165, 1.54) is 12.1 Å². The molecule has 11 heteroatoms. The number of benzene rings is 2. The first-order chi connectivity index (χ1) is 18.8. The number of ether oxygens (including phenoxy) is 1. The summed E-state index contributed by atoms with van der Waals surface area (Å²) >= 11 is 3.42. The highest BCUT2D eigenvalue weighted by atomic mass is 79.9. The number of aliphatic carboxylic acids is 1. The predicted molar refractivity (Wildman–Crippen MR) is 152 cm³/mol. The summed E-state index contributed by atoms with van der Waals surface area (Å²) in [5.74, 6) is 9.54. The molecule has 0 unspecified atom stereocenters. The molecule has 2 aromatic rings. The van der Waals surface area contributed by atoms with E-state index in [0.717, 1.165) is 42.4 Å². The van der Waals surface area contributed by atoms with Gasteiger partial charge >= 0.3 is 5.97 Å². The number of sulfone groups is 1. The van der Waals surface area contributed by atoms with Gasteiger partial charge in [0.05, 0.1) is 4.90 Å². The molecule has 0 bridgehead atoms. The summed E-state index contributed by atoms with van der Waals surface area (Å²) in [6.45, 7) is 3.74. The molecule has 2 aliphatic rings. The topological polar surface area (TPSA) is 142 Å². The lowest BCUT2D eigenvalue weighted by Gasteiger charge is -2.38. The van der Waals surface area contributed by atoms with Gasteiger partial charge in [0.2, 0.25) is 0 Å². The summed E-state index contributed by atoms with van der Waals surface area (Å²) in [7, 11) is -4.10. The van der Waals surface area contributed by atoms with Gasteiger partial charge in [-0.15, -0.1) is 0 Å². The van der Waals surface area contributed by atoms with Crippen LogP contribution in [0.3, 0.4) is 0 Å². The molecule has 0 amide bonds. The molecule has 2 aliphatic heterocycles. The van der Waals surface area contributed by atoms with Gasteiger partial charge < -0.3 is 20.4 Å². The van der Waals surface area contributed by atoms with Crippen LogP contribution in [0, 0.1) is 17.8 Å². The SMILES string of the molecule is NO.O=C(O)C1(S(=O)(=O)c2ccc(OCC#CCC3CCNCC3)cc2)CCN(Cc2ccc(Br)cc2)CC1. The van der Waals surface area contributed by atoms with Gasteiger partial charge in [0, 0.05) is 30.5 Å². The van der Waals surface area contributed by atoms with Crippen LogP contribution in [-0.2, 0) is 21.2 Å². The Morgan fingerprint density at radius 2 is 1.67 bits per heavy atom. The molecule has 2 heterocycles. The summed E-state index contributed by atoms with van der Waals surface area (Å²) in [5.41, 5.74) is 1.10. The number of likely N-dealkylation sites (tertiary alicyclic amines) is 1. The van der Waals surface area contributed by atoms with E-state index in [0.29, 0.717) is 31.3 Å². The molecule has 0 radical (unpaired) electrons. The van der Waals surface area contributed by atoms with Gasteiger partial charge in [-0.2, -0.15) is 0 Å². The van der Waals surface area contributed by atoms with Crippen LogP contribution in [0.5, 0.6) is 5.75 Å². The van der Waals surface area contributed by atoms with Gasteiger partial charge in [0.15, 0.2) is 14.6 Å². The normalized spacial score (nSPS) is 17.7. The van der Waals surface area contributed by atoms with Gasteiger partial charge in [-0.1, -0.05) is 39.9 Å². The van der Waals surface area contributed by atoms with E-state index in [4.69, 9.17) is 9.94 Å². The zero-order valence-corrected chi connectivity index (χ0v) is 24.2. The number of piperidine rings is 2.